The number of halogens is 3. The van der Waals surface area contributed by atoms with Gasteiger partial charge < -0.3 is 9.84 Å². The van der Waals surface area contributed by atoms with Crippen molar-refractivity contribution in [3.63, 3.8) is 0 Å². The van der Waals surface area contributed by atoms with E-state index in [1.807, 2.05) is 24.3 Å². The van der Waals surface area contributed by atoms with Crippen molar-refractivity contribution in [1.82, 2.24) is 30.4 Å². The fourth-order valence-electron chi connectivity index (χ4n) is 2.98. The quantitative estimate of drug-likeness (QED) is 0.401. The minimum absolute atomic E-state index is 0.0839. The summed E-state index contributed by atoms with van der Waals surface area (Å²) in [5.74, 6) is -0.806. The van der Waals surface area contributed by atoms with Crippen molar-refractivity contribution in [2.45, 2.75) is 31.9 Å². The summed E-state index contributed by atoms with van der Waals surface area (Å²) in [6.45, 7) is 1.52. The van der Waals surface area contributed by atoms with Crippen molar-refractivity contribution >= 4 is 32.8 Å². The number of nitrogens with zero attached hydrogens (tertiary/aromatic N) is 5. The Kier molecular flexibility index (Phi) is 6.49. The molecule has 0 bridgehead atoms. The van der Waals surface area contributed by atoms with Crippen molar-refractivity contribution in [3.05, 3.63) is 48.4 Å². The minimum atomic E-state index is -4.32. The van der Waals surface area contributed by atoms with Gasteiger partial charge >= 0.3 is 12.2 Å². The molecule has 2 amide bonds. The molecule has 0 aliphatic rings. The molecule has 0 saturated carbocycles. The Morgan fingerprint density at radius 3 is 2.82 bits per heavy atom. The zero-order valence-corrected chi connectivity index (χ0v) is 18.1. The first kappa shape index (κ1) is 22.6. The number of rotatable bonds is 7. The van der Waals surface area contributed by atoms with Crippen molar-refractivity contribution in [2.24, 2.45) is 0 Å². The van der Waals surface area contributed by atoms with Gasteiger partial charge in [0.05, 0.1) is 12.1 Å². The maximum atomic E-state index is 12.5. The molecule has 4 rings (SSSR count). The number of pyridine rings is 2. The predicted octanol–water partition coefficient (Wildman–Crippen LogP) is 4.56. The van der Waals surface area contributed by atoms with Gasteiger partial charge in [-0.05, 0) is 24.3 Å². The van der Waals surface area contributed by atoms with E-state index >= 15 is 0 Å². The summed E-state index contributed by atoms with van der Waals surface area (Å²) < 4.78 is 42.3. The molecule has 4 aromatic heterocycles. The number of carbonyl (C=O) groups is 1. The summed E-state index contributed by atoms with van der Waals surface area (Å²) >= 11 is 1.23. The van der Waals surface area contributed by atoms with Crippen LogP contribution in [0.3, 0.4) is 0 Å². The highest BCUT2D eigenvalue weighted by molar-refractivity contribution is 7.21. The van der Waals surface area contributed by atoms with Gasteiger partial charge in [0.15, 0.2) is 11.0 Å². The van der Waals surface area contributed by atoms with Crippen molar-refractivity contribution < 1.29 is 22.5 Å². The summed E-state index contributed by atoms with van der Waals surface area (Å²) in [7, 11) is 0. The normalized spacial score (nSPS) is 12.6. The third-order valence-corrected chi connectivity index (χ3v) is 5.39. The molecule has 2 N–H and O–H groups in total. The lowest BCUT2D eigenvalue weighted by Crippen LogP contribution is -2.30. The molecule has 0 radical (unpaired) electrons. The lowest BCUT2D eigenvalue weighted by molar-refractivity contribution is -0.139. The Balaban J connectivity index is 1.29. The van der Waals surface area contributed by atoms with Crippen LogP contribution in [-0.2, 0) is 6.42 Å². The van der Waals surface area contributed by atoms with Crippen LogP contribution in [0.5, 0.6) is 0 Å². The van der Waals surface area contributed by atoms with Gasteiger partial charge in [0.2, 0.25) is 5.89 Å². The standard InChI is InChI=1S/C20H18F3N7O2S/c1-11(9-20(21,22)23)16-28-15(30-32-16)6-8-25-18(31)29-19-27-14-5-4-13(26-17(14)33-19)12-3-2-7-24-10-12/h2-5,7,10-11H,6,8-9H2,1H3,(H2,25,27,29,31). The number of hydrogen-bond donors (Lipinski definition) is 2. The Morgan fingerprint density at radius 1 is 1.21 bits per heavy atom. The zero-order chi connectivity index (χ0) is 23.4. The molecule has 0 aromatic carbocycles. The second-order valence-electron chi connectivity index (χ2n) is 7.18. The van der Waals surface area contributed by atoms with Gasteiger partial charge in [-0.2, -0.15) is 18.2 Å². The Hall–Kier alpha value is -3.61. The third kappa shape index (κ3) is 6.00. The second-order valence-corrected chi connectivity index (χ2v) is 8.16. The van der Waals surface area contributed by atoms with Crippen LogP contribution in [0.15, 0.2) is 41.2 Å². The van der Waals surface area contributed by atoms with Crippen molar-refractivity contribution in [1.29, 1.82) is 0 Å². The summed E-state index contributed by atoms with van der Waals surface area (Å²) in [6, 6.07) is 6.88. The van der Waals surface area contributed by atoms with Crippen LogP contribution < -0.4 is 10.6 Å². The predicted molar refractivity (Wildman–Crippen MR) is 115 cm³/mol. The van der Waals surface area contributed by atoms with E-state index in [0.717, 1.165) is 11.3 Å². The topological polar surface area (TPSA) is 119 Å². The van der Waals surface area contributed by atoms with Crippen LogP contribution in [-0.4, -0.2) is 43.8 Å². The molecule has 0 saturated heterocycles. The number of hydrogen-bond acceptors (Lipinski definition) is 8. The number of carbonyl (C=O) groups excluding carboxylic acids is 1. The van der Waals surface area contributed by atoms with Crippen molar-refractivity contribution in [3.8, 4) is 11.3 Å². The first-order chi connectivity index (χ1) is 15.8. The Morgan fingerprint density at radius 2 is 2.06 bits per heavy atom. The van der Waals surface area contributed by atoms with Gasteiger partial charge in [0, 0.05) is 36.8 Å². The average Bonchev–Trinajstić information content (AvgIpc) is 3.39. The van der Waals surface area contributed by atoms with Crippen molar-refractivity contribution in [2.75, 3.05) is 11.9 Å². The molecule has 0 aliphatic carbocycles. The molecular formula is C20H18F3N7O2S. The van der Waals surface area contributed by atoms with E-state index in [-0.39, 0.29) is 24.7 Å². The molecule has 9 nitrogen and oxygen atoms in total. The molecule has 0 fully saturated rings. The maximum absolute atomic E-state index is 12.5. The molecule has 13 heteroatoms. The molecule has 4 aromatic rings. The summed E-state index contributed by atoms with van der Waals surface area (Å²) in [6.07, 6.45) is -1.77. The third-order valence-electron chi connectivity index (χ3n) is 4.51. The molecule has 0 aliphatic heterocycles. The Bertz CT molecular complexity index is 1240. The van der Waals surface area contributed by atoms with Gasteiger partial charge in [-0.25, -0.2) is 14.8 Å². The summed E-state index contributed by atoms with van der Waals surface area (Å²) in [5.41, 5.74) is 2.27. The summed E-state index contributed by atoms with van der Waals surface area (Å²) in [4.78, 5) is 29.8. The molecule has 1 atom stereocenters. The zero-order valence-electron chi connectivity index (χ0n) is 17.3. The molecule has 33 heavy (non-hydrogen) atoms. The number of thiazole rings is 1. The lowest BCUT2D eigenvalue weighted by atomic mass is 10.1. The summed E-state index contributed by atoms with van der Waals surface area (Å²) in [5, 5.41) is 9.30. The number of urea groups is 1. The van der Waals surface area contributed by atoms with E-state index in [1.165, 1.54) is 18.3 Å². The first-order valence-electron chi connectivity index (χ1n) is 9.89. The second kappa shape index (κ2) is 9.48. The largest absolute Gasteiger partial charge is 0.389 e. The Labute approximate surface area is 189 Å². The number of amides is 2. The van der Waals surface area contributed by atoms with E-state index in [1.54, 1.807) is 12.4 Å². The minimum Gasteiger partial charge on any atom is -0.339 e. The van der Waals surface area contributed by atoms with Gasteiger partial charge in [-0.15, -0.1) is 0 Å². The van der Waals surface area contributed by atoms with E-state index in [2.05, 4.69) is 35.7 Å². The van der Waals surface area contributed by atoms with Gasteiger partial charge in [0.25, 0.3) is 0 Å². The van der Waals surface area contributed by atoms with Gasteiger partial charge in [-0.3, -0.25) is 10.3 Å². The number of fused-ring (bicyclic) bond motifs is 1. The highest BCUT2D eigenvalue weighted by Crippen LogP contribution is 2.30. The maximum Gasteiger partial charge on any atom is 0.389 e. The van der Waals surface area contributed by atoms with Crippen LogP contribution in [0.2, 0.25) is 0 Å². The van der Waals surface area contributed by atoms with Gasteiger partial charge in [-0.1, -0.05) is 23.4 Å². The molecular weight excluding hydrogens is 459 g/mol. The van der Waals surface area contributed by atoms with E-state index in [4.69, 9.17) is 4.52 Å². The van der Waals surface area contributed by atoms with Crippen LogP contribution in [0.4, 0.5) is 23.1 Å². The van der Waals surface area contributed by atoms with Crippen LogP contribution in [0.25, 0.3) is 21.6 Å². The molecule has 1 unspecified atom stereocenters. The monoisotopic (exact) mass is 477 g/mol. The van der Waals surface area contributed by atoms with Crippen LogP contribution in [0.1, 0.15) is 31.0 Å². The smallest absolute Gasteiger partial charge is 0.339 e. The van der Waals surface area contributed by atoms with E-state index in [0.29, 0.717) is 15.5 Å². The van der Waals surface area contributed by atoms with Gasteiger partial charge in [0.1, 0.15) is 10.3 Å². The lowest BCUT2D eigenvalue weighted by Gasteiger charge is -2.09. The average molecular weight is 477 g/mol. The highest BCUT2D eigenvalue weighted by Gasteiger charge is 2.32. The number of nitrogens with one attached hydrogen (secondary N) is 2. The van der Waals surface area contributed by atoms with Crippen LogP contribution >= 0.6 is 11.3 Å². The SMILES string of the molecule is CC(CC(F)(F)F)c1nc(CCNC(=O)Nc2nc3ccc(-c4cccnc4)nc3s2)no1. The number of anilines is 1. The first-order valence-corrected chi connectivity index (χ1v) is 10.7. The highest BCUT2D eigenvalue weighted by atomic mass is 32.1. The molecule has 0 spiro atoms. The van der Waals surface area contributed by atoms with Crippen LogP contribution in [0, 0.1) is 0 Å². The fraction of sp³-hybridized carbons (Fsp3) is 0.300. The molecule has 4 heterocycles. The number of alkyl halides is 3. The molecule has 172 valence electrons. The van der Waals surface area contributed by atoms with E-state index < -0.39 is 24.5 Å². The van der Waals surface area contributed by atoms with E-state index in [9.17, 15) is 18.0 Å². The number of aromatic nitrogens is 5. The fourth-order valence-corrected chi connectivity index (χ4v) is 3.81.